The van der Waals surface area contributed by atoms with Gasteiger partial charge in [-0.15, -0.1) is 0 Å². The summed E-state index contributed by atoms with van der Waals surface area (Å²) in [6.07, 6.45) is 4.16. The van der Waals surface area contributed by atoms with Gasteiger partial charge in [0.2, 0.25) is 0 Å². The van der Waals surface area contributed by atoms with E-state index < -0.39 is 0 Å². The van der Waals surface area contributed by atoms with Crippen LogP contribution < -0.4 is 16.6 Å². The first-order chi connectivity index (χ1) is 10.6. The topological polar surface area (TPSA) is 73.8 Å². The van der Waals surface area contributed by atoms with Gasteiger partial charge in [-0.1, -0.05) is 13.3 Å². The number of hydrogen-bond acceptors (Lipinski definition) is 4. The Bertz CT molecular complexity index is 808. The van der Waals surface area contributed by atoms with E-state index in [0.717, 1.165) is 49.2 Å². The van der Waals surface area contributed by atoms with Gasteiger partial charge in [0.05, 0.1) is 6.04 Å². The lowest BCUT2D eigenvalue weighted by atomic mass is 10.2. The van der Waals surface area contributed by atoms with Crippen molar-refractivity contribution < 1.29 is 0 Å². The summed E-state index contributed by atoms with van der Waals surface area (Å²) in [5, 5.41) is 3.44. The zero-order valence-corrected chi connectivity index (χ0v) is 13.4. The second-order valence-electron chi connectivity index (χ2n) is 6.00. The van der Waals surface area contributed by atoms with Gasteiger partial charge in [0.25, 0.3) is 5.56 Å². The molecule has 0 aliphatic carbocycles. The van der Waals surface area contributed by atoms with Crippen molar-refractivity contribution in [1.82, 2.24) is 24.0 Å². The SMILES string of the molecule is CCCCn1c(C2CCCN2)nc2c1c(=O)n(C)c(=O)n2C. The van der Waals surface area contributed by atoms with Crippen LogP contribution in [0.25, 0.3) is 11.2 Å². The molecular weight excluding hydrogens is 282 g/mol. The molecule has 2 aromatic rings. The monoisotopic (exact) mass is 305 g/mol. The van der Waals surface area contributed by atoms with Crippen LogP contribution in [-0.2, 0) is 20.6 Å². The Kier molecular flexibility index (Phi) is 3.90. The van der Waals surface area contributed by atoms with Crippen LogP contribution in [0.15, 0.2) is 9.59 Å². The molecule has 0 amide bonds. The molecule has 2 aromatic heterocycles. The summed E-state index contributed by atoms with van der Waals surface area (Å²) >= 11 is 0. The number of aromatic nitrogens is 4. The van der Waals surface area contributed by atoms with Gasteiger partial charge in [0.1, 0.15) is 5.82 Å². The van der Waals surface area contributed by atoms with Crippen molar-refractivity contribution in [3.63, 3.8) is 0 Å². The lowest BCUT2D eigenvalue weighted by Gasteiger charge is -2.13. The maximum atomic E-state index is 12.6. The highest BCUT2D eigenvalue weighted by molar-refractivity contribution is 5.71. The van der Waals surface area contributed by atoms with Gasteiger partial charge in [-0.3, -0.25) is 13.9 Å². The number of nitrogens with one attached hydrogen (secondary N) is 1. The van der Waals surface area contributed by atoms with Gasteiger partial charge < -0.3 is 9.88 Å². The zero-order valence-electron chi connectivity index (χ0n) is 13.4. The highest BCUT2D eigenvalue weighted by atomic mass is 16.2. The van der Waals surface area contributed by atoms with E-state index in [1.54, 1.807) is 7.05 Å². The summed E-state index contributed by atoms with van der Waals surface area (Å²) in [6.45, 7) is 3.85. The molecule has 1 aliphatic rings. The Balaban J connectivity index is 2.31. The molecule has 1 fully saturated rings. The van der Waals surface area contributed by atoms with Crippen molar-refractivity contribution in [2.75, 3.05) is 6.54 Å². The van der Waals surface area contributed by atoms with Gasteiger partial charge in [0.15, 0.2) is 11.2 Å². The summed E-state index contributed by atoms with van der Waals surface area (Å²) < 4.78 is 4.65. The molecular formula is C15H23N5O2. The number of aryl methyl sites for hydroxylation is 2. The first-order valence-corrected chi connectivity index (χ1v) is 7.95. The zero-order chi connectivity index (χ0) is 15.9. The second-order valence-corrected chi connectivity index (χ2v) is 6.00. The average molecular weight is 305 g/mol. The van der Waals surface area contributed by atoms with Gasteiger partial charge in [-0.05, 0) is 25.8 Å². The Morgan fingerprint density at radius 2 is 2.05 bits per heavy atom. The quantitative estimate of drug-likeness (QED) is 0.900. The van der Waals surface area contributed by atoms with E-state index in [1.165, 1.54) is 11.6 Å². The third-order valence-electron chi connectivity index (χ3n) is 4.48. The lowest BCUT2D eigenvalue weighted by Crippen LogP contribution is -2.37. The number of imidazole rings is 1. The maximum absolute atomic E-state index is 12.6. The normalized spacial score (nSPS) is 18.4. The van der Waals surface area contributed by atoms with Gasteiger partial charge in [-0.2, -0.15) is 0 Å². The third-order valence-corrected chi connectivity index (χ3v) is 4.48. The Labute approximate surface area is 128 Å². The van der Waals surface area contributed by atoms with Crippen molar-refractivity contribution in [3.8, 4) is 0 Å². The first-order valence-electron chi connectivity index (χ1n) is 7.95. The molecule has 0 saturated carbocycles. The standard InChI is InChI=1S/C15H23N5O2/c1-4-5-9-20-11-13(17-12(20)10-7-6-8-16-10)18(2)15(22)19(3)14(11)21/h10,16H,4-9H2,1-3H3. The Morgan fingerprint density at radius 1 is 1.27 bits per heavy atom. The number of rotatable bonds is 4. The molecule has 22 heavy (non-hydrogen) atoms. The third kappa shape index (κ3) is 2.20. The molecule has 7 nitrogen and oxygen atoms in total. The molecule has 1 N–H and O–H groups in total. The number of fused-ring (bicyclic) bond motifs is 1. The van der Waals surface area contributed by atoms with Crippen LogP contribution in [-0.4, -0.2) is 25.2 Å². The highest BCUT2D eigenvalue weighted by Crippen LogP contribution is 2.25. The van der Waals surface area contributed by atoms with Crippen LogP contribution in [0.2, 0.25) is 0 Å². The first kappa shape index (κ1) is 15.0. The fraction of sp³-hybridized carbons (Fsp3) is 0.667. The van der Waals surface area contributed by atoms with Crippen molar-refractivity contribution in [3.05, 3.63) is 26.7 Å². The predicted octanol–water partition coefficient (Wildman–Crippen LogP) is 0.658. The molecule has 7 heteroatoms. The molecule has 120 valence electrons. The van der Waals surface area contributed by atoms with Crippen LogP contribution in [0.3, 0.4) is 0 Å². The summed E-state index contributed by atoms with van der Waals surface area (Å²) in [5.41, 5.74) is 0.448. The van der Waals surface area contributed by atoms with Crippen molar-refractivity contribution in [1.29, 1.82) is 0 Å². The number of hydrogen-bond donors (Lipinski definition) is 1. The minimum atomic E-state index is -0.330. The fourth-order valence-electron chi connectivity index (χ4n) is 3.18. The lowest BCUT2D eigenvalue weighted by molar-refractivity contribution is 0.537. The Morgan fingerprint density at radius 3 is 2.68 bits per heavy atom. The van der Waals surface area contributed by atoms with E-state index in [1.807, 2.05) is 4.57 Å². The van der Waals surface area contributed by atoms with Crippen LogP contribution >= 0.6 is 0 Å². The van der Waals surface area contributed by atoms with Crippen molar-refractivity contribution in [2.24, 2.45) is 14.1 Å². The molecule has 1 atom stereocenters. The van der Waals surface area contributed by atoms with Crippen molar-refractivity contribution in [2.45, 2.75) is 45.2 Å². The van der Waals surface area contributed by atoms with Crippen LogP contribution in [0.5, 0.6) is 0 Å². The molecule has 3 rings (SSSR count). The summed E-state index contributed by atoms with van der Waals surface area (Å²) in [6, 6.07) is 0.170. The van der Waals surface area contributed by atoms with E-state index in [-0.39, 0.29) is 17.3 Å². The van der Waals surface area contributed by atoms with Crippen LogP contribution in [0.1, 0.15) is 44.5 Å². The molecule has 0 spiro atoms. The number of unbranched alkanes of at least 4 members (excludes halogenated alkanes) is 1. The van der Waals surface area contributed by atoms with E-state index >= 15 is 0 Å². The summed E-state index contributed by atoms with van der Waals surface area (Å²) in [4.78, 5) is 29.4. The van der Waals surface area contributed by atoms with Crippen molar-refractivity contribution >= 4 is 11.2 Å². The molecule has 0 aromatic carbocycles. The fourth-order valence-corrected chi connectivity index (χ4v) is 3.18. The molecule has 0 radical (unpaired) electrons. The molecule has 0 bridgehead atoms. The van der Waals surface area contributed by atoms with Gasteiger partial charge >= 0.3 is 5.69 Å². The highest BCUT2D eigenvalue weighted by Gasteiger charge is 2.26. The second kappa shape index (κ2) is 5.72. The molecule has 1 unspecified atom stereocenters. The maximum Gasteiger partial charge on any atom is 0.332 e. The van der Waals surface area contributed by atoms with Crippen LogP contribution in [0.4, 0.5) is 0 Å². The minimum absolute atomic E-state index is 0.170. The van der Waals surface area contributed by atoms with Gasteiger partial charge in [-0.25, -0.2) is 9.78 Å². The Hall–Kier alpha value is -1.89. The van der Waals surface area contributed by atoms with E-state index in [0.29, 0.717) is 11.2 Å². The van der Waals surface area contributed by atoms with E-state index in [2.05, 4.69) is 17.2 Å². The average Bonchev–Trinajstić information content (AvgIpc) is 3.15. The van der Waals surface area contributed by atoms with Crippen LogP contribution in [0, 0.1) is 0 Å². The predicted molar refractivity (Wildman–Crippen MR) is 85.1 cm³/mol. The van der Waals surface area contributed by atoms with E-state index in [9.17, 15) is 9.59 Å². The largest absolute Gasteiger partial charge is 0.332 e. The number of nitrogens with zero attached hydrogens (tertiary/aromatic N) is 4. The minimum Gasteiger partial charge on any atom is -0.321 e. The summed E-state index contributed by atoms with van der Waals surface area (Å²) in [5.74, 6) is 0.888. The van der Waals surface area contributed by atoms with E-state index in [4.69, 9.17) is 0 Å². The smallest absolute Gasteiger partial charge is 0.321 e. The summed E-state index contributed by atoms with van der Waals surface area (Å²) in [7, 11) is 3.20. The van der Waals surface area contributed by atoms with Gasteiger partial charge in [0, 0.05) is 20.6 Å². The molecule has 3 heterocycles. The molecule has 1 aliphatic heterocycles. The molecule has 1 saturated heterocycles.